The van der Waals surface area contributed by atoms with Crippen molar-refractivity contribution in [1.29, 1.82) is 0 Å². The number of hydrogen-bond donors (Lipinski definition) is 1. The maximum Gasteiger partial charge on any atom is 0.251 e. The SMILES string of the molecule is CC(NC(=O)c1ccc2ccn(C)c2c1)c1nncn1C1CCCC1. The summed E-state index contributed by atoms with van der Waals surface area (Å²) in [6, 6.07) is 8.11. The molecule has 0 radical (unpaired) electrons. The number of fused-ring (bicyclic) bond motifs is 1. The van der Waals surface area contributed by atoms with Gasteiger partial charge < -0.3 is 14.5 Å². The summed E-state index contributed by atoms with van der Waals surface area (Å²) in [5, 5.41) is 12.5. The van der Waals surface area contributed by atoms with Crippen LogP contribution in [0.2, 0.25) is 0 Å². The third-order valence-electron chi connectivity index (χ3n) is 5.20. The Morgan fingerprint density at radius 1 is 1.28 bits per heavy atom. The first-order valence-corrected chi connectivity index (χ1v) is 8.89. The Kier molecular flexibility index (Phi) is 4.03. The van der Waals surface area contributed by atoms with E-state index in [0.717, 1.165) is 29.6 Å². The summed E-state index contributed by atoms with van der Waals surface area (Å²) in [6.07, 6.45) is 8.62. The van der Waals surface area contributed by atoms with Crippen molar-refractivity contribution in [3.05, 3.63) is 48.2 Å². The molecule has 1 saturated carbocycles. The van der Waals surface area contributed by atoms with Gasteiger partial charge in [-0.1, -0.05) is 18.9 Å². The Labute approximate surface area is 146 Å². The molecule has 130 valence electrons. The van der Waals surface area contributed by atoms with Crippen molar-refractivity contribution < 1.29 is 4.79 Å². The fourth-order valence-electron chi connectivity index (χ4n) is 3.77. The average molecular weight is 337 g/mol. The van der Waals surface area contributed by atoms with Crippen LogP contribution in [0.4, 0.5) is 0 Å². The smallest absolute Gasteiger partial charge is 0.251 e. The van der Waals surface area contributed by atoms with Gasteiger partial charge in [-0.2, -0.15) is 0 Å². The molecule has 2 aromatic heterocycles. The number of aromatic nitrogens is 4. The molecule has 6 nitrogen and oxygen atoms in total. The van der Waals surface area contributed by atoms with Gasteiger partial charge in [-0.05, 0) is 43.4 Å². The summed E-state index contributed by atoms with van der Waals surface area (Å²) in [6.45, 7) is 1.97. The fourth-order valence-corrected chi connectivity index (χ4v) is 3.77. The van der Waals surface area contributed by atoms with E-state index in [1.807, 2.05) is 49.0 Å². The second-order valence-electron chi connectivity index (χ2n) is 6.93. The Morgan fingerprint density at radius 3 is 2.88 bits per heavy atom. The highest BCUT2D eigenvalue weighted by atomic mass is 16.1. The van der Waals surface area contributed by atoms with Crippen molar-refractivity contribution >= 4 is 16.8 Å². The number of nitrogens with one attached hydrogen (secondary N) is 1. The van der Waals surface area contributed by atoms with Crippen LogP contribution in [0.15, 0.2) is 36.8 Å². The third kappa shape index (κ3) is 2.92. The highest BCUT2D eigenvalue weighted by Gasteiger charge is 2.23. The molecule has 1 unspecified atom stereocenters. The summed E-state index contributed by atoms with van der Waals surface area (Å²) >= 11 is 0. The molecule has 1 atom stereocenters. The summed E-state index contributed by atoms with van der Waals surface area (Å²) in [5.74, 6) is 0.747. The summed E-state index contributed by atoms with van der Waals surface area (Å²) in [7, 11) is 1.98. The zero-order chi connectivity index (χ0) is 17.4. The Balaban J connectivity index is 1.53. The molecule has 1 N–H and O–H groups in total. The Morgan fingerprint density at radius 2 is 2.08 bits per heavy atom. The highest BCUT2D eigenvalue weighted by molar-refractivity contribution is 5.98. The number of amides is 1. The minimum Gasteiger partial charge on any atom is -0.351 e. The number of carbonyl (C=O) groups is 1. The molecule has 3 aromatic rings. The molecule has 6 heteroatoms. The quantitative estimate of drug-likeness (QED) is 0.794. The summed E-state index contributed by atoms with van der Waals surface area (Å²) in [5.41, 5.74) is 1.71. The van der Waals surface area contributed by atoms with Crippen LogP contribution in [0.5, 0.6) is 0 Å². The van der Waals surface area contributed by atoms with E-state index in [2.05, 4.69) is 20.1 Å². The van der Waals surface area contributed by atoms with Gasteiger partial charge in [0.1, 0.15) is 6.33 Å². The number of hydrogen-bond acceptors (Lipinski definition) is 3. The number of carbonyl (C=O) groups excluding carboxylic acids is 1. The zero-order valence-corrected chi connectivity index (χ0v) is 14.6. The number of nitrogens with zero attached hydrogens (tertiary/aromatic N) is 4. The Bertz CT molecular complexity index is 904. The van der Waals surface area contributed by atoms with Gasteiger partial charge in [0.25, 0.3) is 5.91 Å². The largest absolute Gasteiger partial charge is 0.351 e. The van der Waals surface area contributed by atoms with Gasteiger partial charge in [0.05, 0.1) is 6.04 Å². The molecule has 4 rings (SSSR count). The summed E-state index contributed by atoms with van der Waals surface area (Å²) < 4.78 is 4.16. The topological polar surface area (TPSA) is 64.7 Å². The van der Waals surface area contributed by atoms with Crippen molar-refractivity contribution in [1.82, 2.24) is 24.6 Å². The summed E-state index contributed by atoms with van der Waals surface area (Å²) in [4.78, 5) is 12.7. The van der Waals surface area contributed by atoms with Gasteiger partial charge in [-0.15, -0.1) is 10.2 Å². The molecule has 1 aliphatic rings. The maximum absolute atomic E-state index is 12.7. The van der Waals surface area contributed by atoms with Gasteiger partial charge in [-0.25, -0.2) is 0 Å². The third-order valence-corrected chi connectivity index (χ3v) is 5.20. The number of benzene rings is 1. The van der Waals surface area contributed by atoms with Gasteiger partial charge in [0.2, 0.25) is 0 Å². The Hall–Kier alpha value is -2.63. The van der Waals surface area contributed by atoms with E-state index in [9.17, 15) is 4.79 Å². The lowest BCUT2D eigenvalue weighted by molar-refractivity contribution is 0.0937. The molecule has 2 heterocycles. The molecule has 0 saturated heterocycles. The standard InChI is InChI=1S/C19H23N5O/c1-13(18-22-20-12-24(18)16-5-3-4-6-16)21-19(25)15-8-7-14-9-10-23(2)17(14)11-15/h7-13,16H,3-6H2,1-2H3,(H,21,25). The molecular formula is C19H23N5O. The van der Waals surface area contributed by atoms with E-state index in [1.54, 1.807) is 6.33 Å². The molecular weight excluding hydrogens is 314 g/mol. The first-order chi connectivity index (χ1) is 12.1. The van der Waals surface area contributed by atoms with Crippen molar-refractivity contribution in [3.8, 4) is 0 Å². The molecule has 1 aromatic carbocycles. The van der Waals surface area contributed by atoms with E-state index in [1.165, 1.54) is 12.8 Å². The number of rotatable bonds is 4. The second kappa shape index (κ2) is 6.35. The fraction of sp³-hybridized carbons (Fsp3) is 0.421. The van der Waals surface area contributed by atoms with Crippen LogP contribution in [0.25, 0.3) is 10.9 Å². The van der Waals surface area contributed by atoms with Crippen molar-refractivity contribution in [2.75, 3.05) is 0 Å². The van der Waals surface area contributed by atoms with E-state index < -0.39 is 0 Å². The van der Waals surface area contributed by atoms with E-state index in [-0.39, 0.29) is 11.9 Å². The monoisotopic (exact) mass is 337 g/mol. The highest BCUT2D eigenvalue weighted by Crippen LogP contribution is 2.31. The molecule has 0 spiro atoms. The molecule has 1 fully saturated rings. The van der Waals surface area contributed by atoms with Gasteiger partial charge >= 0.3 is 0 Å². The van der Waals surface area contributed by atoms with E-state index in [0.29, 0.717) is 11.6 Å². The lowest BCUT2D eigenvalue weighted by Gasteiger charge is -2.18. The average Bonchev–Trinajstić information content (AvgIpc) is 3.35. The van der Waals surface area contributed by atoms with Crippen LogP contribution in [-0.2, 0) is 7.05 Å². The first kappa shape index (κ1) is 15.9. The predicted molar refractivity (Wildman–Crippen MR) is 96.3 cm³/mol. The first-order valence-electron chi connectivity index (χ1n) is 8.89. The lowest BCUT2D eigenvalue weighted by atomic mass is 10.1. The molecule has 25 heavy (non-hydrogen) atoms. The van der Waals surface area contributed by atoms with Gasteiger partial charge in [0, 0.05) is 30.4 Å². The van der Waals surface area contributed by atoms with Crippen LogP contribution < -0.4 is 5.32 Å². The van der Waals surface area contributed by atoms with Gasteiger partial charge in [0.15, 0.2) is 5.82 Å². The molecule has 1 amide bonds. The van der Waals surface area contributed by atoms with Crippen LogP contribution >= 0.6 is 0 Å². The lowest BCUT2D eigenvalue weighted by Crippen LogP contribution is -2.29. The normalized spacial score (nSPS) is 16.4. The van der Waals surface area contributed by atoms with Crippen molar-refractivity contribution in [2.45, 2.75) is 44.7 Å². The molecule has 0 bridgehead atoms. The van der Waals surface area contributed by atoms with Crippen LogP contribution in [0.3, 0.4) is 0 Å². The molecule has 0 aliphatic heterocycles. The minimum atomic E-state index is -0.181. The van der Waals surface area contributed by atoms with E-state index >= 15 is 0 Å². The van der Waals surface area contributed by atoms with Crippen molar-refractivity contribution in [2.24, 2.45) is 7.05 Å². The van der Waals surface area contributed by atoms with Gasteiger partial charge in [-0.3, -0.25) is 4.79 Å². The second-order valence-corrected chi connectivity index (χ2v) is 6.93. The number of aryl methyl sites for hydroxylation is 1. The zero-order valence-electron chi connectivity index (χ0n) is 14.6. The van der Waals surface area contributed by atoms with Crippen molar-refractivity contribution in [3.63, 3.8) is 0 Å². The predicted octanol–water partition coefficient (Wildman–Crippen LogP) is 3.38. The van der Waals surface area contributed by atoms with Crippen LogP contribution in [0, 0.1) is 0 Å². The maximum atomic E-state index is 12.7. The molecule has 1 aliphatic carbocycles. The van der Waals surface area contributed by atoms with E-state index in [4.69, 9.17) is 0 Å². The minimum absolute atomic E-state index is 0.0865. The van der Waals surface area contributed by atoms with Crippen LogP contribution in [-0.4, -0.2) is 25.2 Å². The van der Waals surface area contributed by atoms with Crippen LogP contribution in [0.1, 0.15) is 60.9 Å².